The smallest absolute Gasteiger partial charge is 0.480 e. The van der Waals surface area contributed by atoms with Crippen LogP contribution in [0.15, 0.2) is 0 Å². The van der Waals surface area contributed by atoms with Crippen LogP contribution >= 0.6 is 0 Å². The Labute approximate surface area is 285 Å². The van der Waals surface area contributed by atoms with Gasteiger partial charge in [0.15, 0.2) is 0 Å². The van der Waals surface area contributed by atoms with E-state index >= 15 is 0 Å². The Morgan fingerprint density at radius 3 is 1.05 bits per heavy atom. The molecule has 1 atom stereocenters. The Morgan fingerprint density at radius 2 is 1.00 bits per heavy atom. The van der Waals surface area contributed by atoms with Crippen molar-refractivity contribution in [3.8, 4) is 0 Å². The first-order chi connectivity index (χ1) is 4.63. The molecule has 0 spiro atoms. The van der Waals surface area contributed by atoms with Crippen molar-refractivity contribution < 1.29 is 242 Å². The van der Waals surface area contributed by atoms with E-state index in [2.05, 4.69) is 13.8 Å². The van der Waals surface area contributed by atoms with Gasteiger partial charge in [-0.1, -0.05) is 5.92 Å². The number of carbonyl (C=O) groups is 1. The first-order valence-electron chi connectivity index (χ1n) is 3.20. The fourth-order valence-electron chi connectivity index (χ4n) is 0.705. The molecule has 0 aliphatic carbocycles. The molecule has 0 aliphatic rings. The number of hydrogen-bond acceptors (Lipinski definition) is 2. The molecule has 0 rings (SSSR count). The molecule has 0 saturated heterocycles. The van der Waals surface area contributed by atoms with Gasteiger partial charge in [0.25, 0.3) is 0 Å². The quantitative estimate of drug-likeness (QED) is 0.403. The molecule has 124 valence electrons. The zero-order valence-electron chi connectivity index (χ0n) is 10.4. The summed E-state index contributed by atoms with van der Waals surface area (Å²) in [5, 5.41) is 8.43. The summed E-state index contributed by atoms with van der Waals surface area (Å²) in [5.74, 6) is -1.07. The van der Waals surface area contributed by atoms with Gasteiger partial charge in [-0.05, 0) is 0 Å². The van der Waals surface area contributed by atoms with E-state index in [9.17, 15) is 4.79 Å². The summed E-state index contributed by atoms with van der Waals surface area (Å²) in [6.45, 7) is 7.15. The van der Waals surface area contributed by atoms with Crippen LogP contribution in [0.2, 0.25) is 0 Å². The van der Waals surface area contributed by atoms with Crippen molar-refractivity contribution in [1.29, 1.82) is 0 Å². The maximum atomic E-state index is 10.3. The largest absolute Gasteiger partial charge is 2.00 e. The molecule has 3 nitrogen and oxygen atoms in total. The third-order valence-electron chi connectivity index (χ3n) is 1.53. The van der Waals surface area contributed by atoms with Crippen molar-refractivity contribution in [3.05, 3.63) is 13.8 Å². The number of carboxylic acid groups (broad SMARTS) is 1. The van der Waals surface area contributed by atoms with E-state index in [1.54, 1.807) is 0 Å². The van der Waals surface area contributed by atoms with Crippen LogP contribution in [-0.4, -0.2) is 17.1 Å². The predicted octanol–water partition coefficient (Wildman–Crippen LogP) is 0.435. The fourth-order valence-corrected chi connectivity index (χ4v) is 0.705. The molecule has 3 N–H and O–H groups in total. The van der Waals surface area contributed by atoms with Gasteiger partial charge >= 0.3 is 27.0 Å². The van der Waals surface area contributed by atoms with Crippen LogP contribution in [0.5, 0.6) is 0 Å². The van der Waals surface area contributed by atoms with Gasteiger partial charge in [-0.15, -0.1) is 0 Å². The Hall–Kier alpha value is 7.00. The standard InChI is InChI=1S/C7H13NO2.11W/c1-3-5(4-2)6(8)7(9)10;;;;;;;;;;;/h5-6H,1-4,8H2,(H,9,10);;;;;;;;;;;/q-2;;;;;;;;;;;+2/t6-;;;;;;;;;;;/m0.........../s1. The Kier molecular flexibility index (Phi) is 214. The Balaban J connectivity index is -0.00000000736. The maximum absolute atomic E-state index is 10.3. The molecule has 14 heteroatoms. The average Bonchev–Trinajstić information content (AvgIpc) is 1.90. The molecule has 0 amide bonds. The van der Waals surface area contributed by atoms with Crippen LogP contribution in [0.1, 0.15) is 12.8 Å². The van der Waals surface area contributed by atoms with Crippen LogP contribution in [0.25, 0.3) is 0 Å². The van der Waals surface area contributed by atoms with Crippen molar-refractivity contribution in [2.24, 2.45) is 11.7 Å². The molecule has 0 aromatic rings. The van der Waals surface area contributed by atoms with Gasteiger partial charge in [0.1, 0.15) is 6.04 Å². The molecular weight excluding hydrogens is 2150 g/mol. The first kappa shape index (κ1) is 79.7. The number of hydrogen-bond donors (Lipinski definition) is 2. The van der Waals surface area contributed by atoms with Gasteiger partial charge in [0.05, 0.1) is 0 Å². The average molecular weight is 2170 g/mol. The van der Waals surface area contributed by atoms with Gasteiger partial charge < -0.3 is 24.7 Å². The zero-order valence-corrected chi connectivity index (χ0v) is 42.7. The summed E-state index contributed by atoms with van der Waals surface area (Å²) in [4.78, 5) is 10.3. The molecule has 0 radical (unpaired) electrons. The van der Waals surface area contributed by atoms with E-state index in [0.717, 1.165) is 0 Å². The summed E-state index contributed by atoms with van der Waals surface area (Å²) in [7, 11) is 0. The molecule has 0 aliphatic heterocycles. The molecule has 0 heterocycles. The van der Waals surface area contributed by atoms with Crippen LogP contribution in [0.3, 0.4) is 0 Å². The second-order valence-electron chi connectivity index (χ2n) is 2.20. The van der Waals surface area contributed by atoms with Gasteiger partial charge in [-0.3, -0.25) is 4.79 Å². The topological polar surface area (TPSA) is 63.3 Å². The number of carboxylic acids is 1. The molecule has 0 bridgehead atoms. The molecule has 0 fully saturated rings. The molecule has 0 unspecified atom stereocenters. The normalized spacial score (nSPS) is 6.48. The van der Waals surface area contributed by atoms with E-state index in [4.69, 9.17) is 10.8 Å². The Morgan fingerprint density at radius 1 is 0.810 bits per heavy atom. The van der Waals surface area contributed by atoms with Gasteiger partial charge in [-0.25, -0.2) is 0 Å². The van der Waals surface area contributed by atoms with Crippen molar-refractivity contribution >= 4 is 5.97 Å². The zero-order chi connectivity index (χ0) is 8.15. The van der Waals surface area contributed by atoms with Gasteiger partial charge in [-0.2, -0.15) is 12.8 Å². The number of aliphatic carboxylic acids is 1. The predicted molar refractivity (Wildman–Crippen MR) is 39.0 cm³/mol. The molecule has 0 aromatic heterocycles. The minimum Gasteiger partial charge on any atom is -0.480 e. The third kappa shape index (κ3) is 46.7. The molecule has 21 heavy (non-hydrogen) atoms. The number of nitrogens with two attached hydrogens (primary N) is 1. The third-order valence-corrected chi connectivity index (χ3v) is 1.53. The SMILES string of the molecule is [CH2-]CC(C[CH2-])[C@H](N)C(=O)O.[W+2].[W].[W].[W].[W].[W].[W].[W].[W].[W].[W]. The van der Waals surface area contributed by atoms with E-state index in [1.807, 2.05) is 0 Å². The molecular formula is C7H13NO2W11. The van der Waals surface area contributed by atoms with E-state index in [1.165, 1.54) is 0 Å². The molecule has 0 aromatic carbocycles. The van der Waals surface area contributed by atoms with Crippen molar-refractivity contribution in [1.82, 2.24) is 0 Å². The van der Waals surface area contributed by atoms with E-state index < -0.39 is 12.0 Å². The summed E-state index contributed by atoms with van der Waals surface area (Å²) in [5.41, 5.74) is 5.30. The Bertz CT molecular complexity index is 131. The van der Waals surface area contributed by atoms with Crippen LogP contribution in [0, 0.1) is 19.8 Å². The minimum absolute atomic E-state index is 0. The number of rotatable bonds is 4. The second-order valence-corrected chi connectivity index (χ2v) is 2.20. The van der Waals surface area contributed by atoms with Crippen LogP contribution in [-0.2, 0) is 237 Å². The van der Waals surface area contributed by atoms with Crippen molar-refractivity contribution in [3.63, 3.8) is 0 Å². The summed E-state index contributed by atoms with van der Waals surface area (Å²) < 4.78 is 0. The van der Waals surface area contributed by atoms with E-state index in [-0.39, 0.29) is 238 Å². The second kappa shape index (κ2) is 56.3. The van der Waals surface area contributed by atoms with Gasteiger partial charge in [0.2, 0.25) is 0 Å². The summed E-state index contributed by atoms with van der Waals surface area (Å²) >= 11 is 0. The van der Waals surface area contributed by atoms with E-state index in [0.29, 0.717) is 12.8 Å². The summed E-state index contributed by atoms with van der Waals surface area (Å²) in [6, 6.07) is -0.810. The summed E-state index contributed by atoms with van der Waals surface area (Å²) in [6.07, 6.45) is 1.05. The van der Waals surface area contributed by atoms with Crippen molar-refractivity contribution in [2.45, 2.75) is 18.9 Å². The first-order valence-corrected chi connectivity index (χ1v) is 3.20. The van der Waals surface area contributed by atoms with Crippen LogP contribution < -0.4 is 5.73 Å². The minimum atomic E-state index is -0.975. The molecule has 0 saturated carbocycles. The fraction of sp³-hybridized carbons (Fsp3) is 0.571. The van der Waals surface area contributed by atoms with Crippen LogP contribution in [0.4, 0.5) is 0 Å². The monoisotopic (exact) mass is 2170 g/mol. The van der Waals surface area contributed by atoms with Crippen molar-refractivity contribution in [2.75, 3.05) is 0 Å². The van der Waals surface area contributed by atoms with Gasteiger partial charge in [0, 0.05) is 211 Å². The maximum Gasteiger partial charge on any atom is 2.00 e.